The van der Waals surface area contributed by atoms with Gasteiger partial charge in [-0.1, -0.05) is 29.7 Å². The number of nitrogens with one attached hydrogen (secondary N) is 2. The van der Waals surface area contributed by atoms with Crippen molar-refractivity contribution < 1.29 is 17.7 Å². The van der Waals surface area contributed by atoms with Crippen molar-refractivity contribution in [3.05, 3.63) is 57.2 Å². The second kappa shape index (κ2) is 9.03. The van der Waals surface area contributed by atoms with Crippen molar-refractivity contribution in [1.82, 2.24) is 5.16 Å². The first-order valence-corrected chi connectivity index (χ1v) is 11.7. The third-order valence-corrected chi connectivity index (χ3v) is 7.33. The van der Waals surface area contributed by atoms with Crippen molar-refractivity contribution in [2.24, 2.45) is 0 Å². The van der Waals surface area contributed by atoms with Crippen molar-refractivity contribution in [3.63, 3.8) is 0 Å². The minimum atomic E-state index is -3.75. The fraction of sp³-hybridized carbons (Fsp3) is 0.200. The molecule has 2 aromatic heterocycles. The number of aryl methyl sites for hydroxylation is 2. The molecule has 30 heavy (non-hydrogen) atoms. The van der Waals surface area contributed by atoms with E-state index in [4.69, 9.17) is 16.1 Å². The summed E-state index contributed by atoms with van der Waals surface area (Å²) in [5.41, 5.74) is 2.26. The summed E-state index contributed by atoms with van der Waals surface area (Å²) in [6, 6.07) is 8.23. The van der Waals surface area contributed by atoms with Crippen LogP contribution in [0.2, 0.25) is 5.02 Å². The zero-order chi connectivity index (χ0) is 21.9. The van der Waals surface area contributed by atoms with Gasteiger partial charge in [0.25, 0.3) is 10.0 Å². The van der Waals surface area contributed by atoms with Crippen LogP contribution in [-0.2, 0) is 14.8 Å². The zero-order valence-electron chi connectivity index (χ0n) is 16.5. The summed E-state index contributed by atoms with van der Waals surface area (Å²) >= 11 is 7.07. The minimum absolute atomic E-state index is 0.150. The Hall–Kier alpha value is -2.62. The largest absolute Gasteiger partial charge is 0.354 e. The fourth-order valence-corrected chi connectivity index (χ4v) is 5.03. The van der Waals surface area contributed by atoms with Crippen LogP contribution in [0.3, 0.4) is 0 Å². The van der Waals surface area contributed by atoms with Crippen molar-refractivity contribution in [2.45, 2.75) is 31.4 Å². The number of nitrogens with zero attached hydrogens (tertiary/aromatic N) is 1. The molecule has 7 nitrogen and oxygen atoms in total. The van der Waals surface area contributed by atoms with Crippen molar-refractivity contribution >= 4 is 62.4 Å². The molecular weight excluding hydrogens is 446 g/mol. The van der Waals surface area contributed by atoms with E-state index in [9.17, 15) is 13.2 Å². The van der Waals surface area contributed by atoms with Gasteiger partial charge in [-0.25, -0.2) is 8.42 Å². The van der Waals surface area contributed by atoms with Gasteiger partial charge >= 0.3 is 0 Å². The highest BCUT2D eigenvalue weighted by Crippen LogP contribution is 2.29. The van der Waals surface area contributed by atoms with Crippen LogP contribution in [0.4, 0.5) is 11.4 Å². The smallest absolute Gasteiger partial charge is 0.271 e. The number of thiophene rings is 1. The Labute approximate surface area is 183 Å². The summed E-state index contributed by atoms with van der Waals surface area (Å²) in [4.78, 5) is 12.4. The number of anilines is 2. The lowest BCUT2D eigenvalue weighted by Gasteiger charge is -2.09. The van der Waals surface area contributed by atoms with Crippen molar-refractivity contribution in [1.29, 1.82) is 0 Å². The number of benzene rings is 1. The first-order chi connectivity index (χ1) is 14.2. The average molecular weight is 466 g/mol. The van der Waals surface area contributed by atoms with Gasteiger partial charge in [-0.05, 0) is 55.8 Å². The lowest BCUT2D eigenvalue weighted by molar-refractivity contribution is -0.115. The summed E-state index contributed by atoms with van der Waals surface area (Å²) in [6.07, 6.45) is 3.68. The van der Waals surface area contributed by atoms with Gasteiger partial charge in [-0.15, -0.1) is 11.3 Å². The Morgan fingerprint density at radius 3 is 2.73 bits per heavy atom. The van der Waals surface area contributed by atoms with E-state index in [0.29, 0.717) is 39.1 Å². The maximum Gasteiger partial charge on any atom is 0.271 e. The molecule has 0 atom stereocenters. The molecule has 0 radical (unpaired) electrons. The number of carbonyl (C=O) groups excluding carboxylic acids is 1. The molecule has 0 bridgehead atoms. The Bertz CT molecular complexity index is 1210. The average Bonchev–Trinajstić information content (AvgIpc) is 3.31. The van der Waals surface area contributed by atoms with Gasteiger partial charge < -0.3 is 9.84 Å². The van der Waals surface area contributed by atoms with E-state index in [1.807, 2.05) is 0 Å². The highest BCUT2D eigenvalue weighted by atomic mass is 35.5. The van der Waals surface area contributed by atoms with Crippen LogP contribution in [0.25, 0.3) is 12.2 Å². The van der Waals surface area contributed by atoms with Crippen LogP contribution < -0.4 is 10.0 Å². The molecule has 2 heterocycles. The zero-order valence-corrected chi connectivity index (χ0v) is 18.9. The molecule has 0 aliphatic rings. The molecule has 0 spiro atoms. The van der Waals surface area contributed by atoms with Gasteiger partial charge in [-0.3, -0.25) is 9.52 Å². The normalized spacial score (nSPS) is 11.7. The monoisotopic (exact) mass is 465 g/mol. The molecule has 0 fully saturated rings. The Balaban J connectivity index is 1.80. The first kappa shape index (κ1) is 22.1. The number of halogens is 1. The lowest BCUT2D eigenvalue weighted by atomic mass is 10.2. The van der Waals surface area contributed by atoms with Gasteiger partial charge in [0.1, 0.15) is 15.6 Å². The number of hydrogen-bond acceptors (Lipinski definition) is 6. The number of hydrogen-bond donors (Lipinski definition) is 2. The van der Waals surface area contributed by atoms with E-state index in [1.54, 1.807) is 57.2 Å². The fourth-order valence-electron chi connectivity index (χ4n) is 2.51. The predicted molar refractivity (Wildman–Crippen MR) is 120 cm³/mol. The highest BCUT2D eigenvalue weighted by molar-refractivity contribution is 7.94. The third-order valence-electron chi connectivity index (χ3n) is 4.18. The number of aromatic nitrogens is 1. The molecule has 3 aromatic rings. The van der Waals surface area contributed by atoms with Crippen LogP contribution in [0.1, 0.15) is 35.2 Å². The second-order valence-electron chi connectivity index (χ2n) is 6.46. The first-order valence-electron chi connectivity index (χ1n) is 9.02. The minimum Gasteiger partial charge on any atom is -0.354 e. The van der Waals surface area contributed by atoms with Crippen LogP contribution in [0.5, 0.6) is 0 Å². The van der Waals surface area contributed by atoms with E-state index in [-0.39, 0.29) is 10.1 Å². The molecule has 0 aliphatic carbocycles. The molecule has 1 amide bonds. The summed E-state index contributed by atoms with van der Waals surface area (Å²) in [5, 5.41) is 7.07. The van der Waals surface area contributed by atoms with Crippen molar-refractivity contribution in [3.8, 4) is 0 Å². The van der Waals surface area contributed by atoms with Gasteiger partial charge in [0.15, 0.2) is 5.76 Å². The predicted octanol–water partition coefficient (Wildman–Crippen LogP) is 5.33. The van der Waals surface area contributed by atoms with Crippen molar-refractivity contribution in [2.75, 3.05) is 10.0 Å². The van der Waals surface area contributed by atoms with E-state index in [2.05, 4.69) is 15.2 Å². The quantitative estimate of drug-likeness (QED) is 0.491. The highest BCUT2D eigenvalue weighted by Gasteiger charge is 2.18. The number of amides is 1. The van der Waals surface area contributed by atoms with Crippen LogP contribution in [0, 0.1) is 13.8 Å². The molecule has 1 aromatic carbocycles. The van der Waals surface area contributed by atoms with E-state index >= 15 is 0 Å². The molecule has 158 valence electrons. The topological polar surface area (TPSA) is 101 Å². The van der Waals surface area contributed by atoms with Crippen LogP contribution in [-0.4, -0.2) is 19.5 Å². The van der Waals surface area contributed by atoms with E-state index in [1.165, 1.54) is 6.07 Å². The molecule has 0 saturated carbocycles. The molecular formula is C20H20ClN3O4S2. The SMILES string of the molecule is CCC(=O)Nc1c(C)noc1/C=C/c1ccc(S(=O)(=O)Nc2cc(Cl)ccc2C)s1. The van der Waals surface area contributed by atoms with Crippen LogP contribution >= 0.6 is 22.9 Å². The van der Waals surface area contributed by atoms with Crippen LogP contribution in [0.15, 0.2) is 39.1 Å². The molecule has 2 N–H and O–H groups in total. The molecule has 0 unspecified atom stereocenters. The number of rotatable bonds is 7. The van der Waals surface area contributed by atoms with E-state index in [0.717, 1.165) is 16.9 Å². The van der Waals surface area contributed by atoms with Gasteiger partial charge in [-0.2, -0.15) is 0 Å². The summed E-state index contributed by atoms with van der Waals surface area (Å²) < 4.78 is 33.4. The Morgan fingerprint density at radius 1 is 1.23 bits per heavy atom. The molecule has 0 aliphatic heterocycles. The van der Waals surface area contributed by atoms with Gasteiger partial charge in [0, 0.05) is 16.3 Å². The third kappa shape index (κ3) is 5.10. The molecule has 3 rings (SSSR count). The summed E-state index contributed by atoms with van der Waals surface area (Å²) in [7, 11) is -3.75. The molecule has 0 saturated heterocycles. The Kier molecular flexibility index (Phi) is 6.64. The number of sulfonamides is 1. The van der Waals surface area contributed by atoms with Gasteiger partial charge in [0.2, 0.25) is 5.91 Å². The second-order valence-corrected chi connectivity index (χ2v) is 9.92. The maximum atomic E-state index is 12.7. The number of carbonyl (C=O) groups is 1. The molecule has 10 heteroatoms. The summed E-state index contributed by atoms with van der Waals surface area (Å²) in [6.45, 7) is 5.27. The van der Waals surface area contributed by atoms with E-state index < -0.39 is 10.0 Å². The standard InChI is InChI=1S/C20H20ClN3O4S2/c1-4-18(25)22-20-13(3)23-28-17(20)9-7-15-8-10-19(29-15)30(26,27)24-16-11-14(21)6-5-12(16)2/h5-11,24H,4H2,1-3H3,(H,22,25)/b9-7+. The maximum absolute atomic E-state index is 12.7. The lowest BCUT2D eigenvalue weighted by Crippen LogP contribution is -2.12. The Morgan fingerprint density at radius 2 is 2.00 bits per heavy atom. The van der Waals surface area contributed by atoms with Gasteiger partial charge in [0.05, 0.1) is 5.69 Å². The summed E-state index contributed by atoms with van der Waals surface area (Å²) in [5.74, 6) is 0.239.